The molecule has 1 fully saturated rings. The zero-order chi connectivity index (χ0) is 16.9. The number of amides is 2. The molecule has 7 heteroatoms. The molecule has 2 aromatic rings. The Morgan fingerprint density at radius 1 is 1.33 bits per heavy atom. The third-order valence-electron chi connectivity index (χ3n) is 4.21. The van der Waals surface area contributed by atoms with Gasteiger partial charge in [0.1, 0.15) is 6.26 Å². The number of rotatable bonds is 5. The van der Waals surface area contributed by atoms with Crippen LogP contribution in [0.25, 0.3) is 0 Å². The van der Waals surface area contributed by atoms with Crippen molar-refractivity contribution in [2.45, 2.75) is 32.9 Å². The third kappa shape index (κ3) is 4.58. The summed E-state index contributed by atoms with van der Waals surface area (Å²) in [5.41, 5.74) is 0.938. The van der Waals surface area contributed by atoms with Crippen molar-refractivity contribution in [2.75, 3.05) is 26.2 Å². The minimum absolute atomic E-state index is 0.0388. The summed E-state index contributed by atoms with van der Waals surface area (Å²) < 4.78 is 4.86. The van der Waals surface area contributed by atoms with Crippen molar-refractivity contribution in [1.29, 1.82) is 0 Å². The van der Waals surface area contributed by atoms with Crippen LogP contribution in [-0.2, 0) is 13.0 Å². The molecule has 0 bridgehead atoms. The molecule has 2 amide bonds. The fourth-order valence-corrected chi connectivity index (χ4v) is 3.93. The SMILES string of the molecule is Cc1ccc(C[C@@H](C)NC(=O)N2CCN(Cc3ccon3)CC2)s1. The van der Waals surface area contributed by atoms with Gasteiger partial charge in [-0.2, -0.15) is 0 Å². The standard InChI is InChI=1S/C17H24N4O2S/c1-13(11-16-4-3-14(2)24-16)18-17(22)21-8-6-20(7-9-21)12-15-5-10-23-19-15/h3-5,10,13H,6-9,11-12H2,1-2H3,(H,18,22)/t13-/m1/s1. The van der Waals surface area contributed by atoms with Crippen LogP contribution in [0.15, 0.2) is 29.0 Å². The first-order valence-corrected chi connectivity index (χ1v) is 9.14. The van der Waals surface area contributed by atoms with Gasteiger partial charge in [0.25, 0.3) is 0 Å². The summed E-state index contributed by atoms with van der Waals surface area (Å²) in [4.78, 5) is 19.2. The molecular formula is C17H24N4O2S. The number of hydrogen-bond acceptors (Lipinski definition) is 5. The number of aromatic nitrogens is 1. The Labute approximate surface area is 146 Å². The number of hydrogen-bond donors (Lipinski definition) is 1. The normalized spacial score (nSPS) is 17.0. The van der Waals surface area contributed by atoms with Crippen molar-refractivity contribution < 1.29 is 9.32 Å². The summed E-state index contributed by atoms with van der Waals surface area (Å²) in [6, 6.07) is 6.33. The van der Waals surface area contributed by atoms with Gasteiger partial charge in [-0.3, -0.25) is 4.90 Å². The number of nitrogens with zero attached hydrogens (tertiary/aromatic N) is 3. The zero-order valence-electron chi connectivity index (χ0n) is 14.2. The number of thiophene rings is 1. The van der Waals surface area contributed by atoms with Crippen LogP contribution in [0.4, 0.5) is 4.79 Å². The Bertz CT molecular complexity index is 647. The lowest BCUT2D eigenvalue weighted by molar-refractivity contribution is 0.132. The maximum atomic E-state index is 12.4. The Hall–Kier alpha value is -1.86. The molecule has 0 aromatic carbocycles. The van der Waals surface area contributed by atoms with Crippen LogP contribution in [-0.4, -0.2) is 53.2 Å². The van der Waals surface area contributed by atoms with E-state index in [9.17, 15) is 4.79 Å². The van der Waals surface area contributed by atoms with E-state index in [1.165, 1.54) is 9.75 Å². The first kappa shape index (κ1) is 17.0. The van der Waals surface area contributed by atoms with Crippen LogP contribution in [0.1, 0.15) is 22.4 Å². The lowest BCUT2D eigenvalue weighted by Crippen LogP contribution is -2.53. The Balaban J connectivity index is 1.41. The summed E-state index contributed by atoms with van der Waals surface area (Å²) in [6.07, 6.45) is 2.48. The maximum Gasteiger partial charge on any atom is 0.317 e. The Kier molecular flexibility index (Phi) is 5.52. The summed E-state index contributed by atoms with van der Waals surface area (Å²) in [6.45, 7) is 8.16. The molecule has 130 valence electrons. The molecule has 2 aromatic heterocycles. The molecule has 6 nitrogen and oxygen atoms in total. The summed E-state index contributed by atoms with van der Waals surface area (Å²) >= 11 is 1.80. The molecule has 1 aliphatic rings. The van der Waals surface area contributed by atoms with Crippen LogP contribution in [0.5, 0.6) is 0 Å². The summed E-state index contributed by atoms with van der Waals surface area (Å²) in [7, 11) is 0. The molecule has 3 heterocycles. The van der Waals surface area contributed by atoms with Crippen LogP contribution >= 0.6 is 11.3 Å². The van der Waals surface area contributed by atoms with Gasteiger partial charge in [-0.05, 0) is 26.0 Å². The van der Waals surface area contributed by atoms with Gasteiger partial charge in [0.05, 0.1) is 5.69 Å². The van der Waals surface area contributed by atoms with Gasteiger partial charge in [-0.1, -0.05) is 5.16 Å². The smallest absolute Gasteiger partial charge is 0.317 e. The molecule has 0 saturated carbocycles. The van der Waals surface area contributed by atoms with Gasteiger partial charge >= 0.3 is 6.03 Å². The topological polar surface area (TPSA) is 61.6 Å². The zero-order valence-corrected chi connectivity index (χ0v) is 15.0. The van der Waals surface area contributed by atoms with E-state index in [0.717, 1.165) is 44.8 Å². The van der Waals surface area contributed by atoms with E-state index in [1.807, 2.05) is 11.0 Å². The van der Waals surface area contributed by atoms with Crippen LogP contribution in [0, 0.1) is 6.92 Å². The lowest BCUT2D eigenvalue weighted by Gasteiger charge is -2.34. The number of urea groups is 1. The highest BCUT2D eigenvalue weighted by atomic mass is 32.1. The first-order chi connectivity index (χ1) is 11.6. The highest BCUT2D eigenvalue weighted by Gasteiger charge is 2.22. The largest absolute Gasteiger partial charge is 0.364 e. The molecule has 1 aliphatic heterocycles. The molecule has 3 rings (SSSR count). The van der Waals surface area contributed by atoms with E-state index < -0.39 is 0 Å². The predicted molar refractivity (Wildman–Crippen MR) is 94.1 cm³/mol. The number of carbonyl (C=O) groups excluding carboxylic acids is 1. The molecule has 0 spiro atoms. The van der Waals surface area contributed by atoms with E-state index in [4.69, 9.17) is 4.52 Å². The van der Waals surface area contributed by atoms with Crippen molar-refractivity contribution in [3.8, 4) is 0 Å². The third-order valence-corrected chi connectivity index (χ3v) is 5.23. The van der Waals surface area contributed by atoms with Crippen molar-refractivity contribution in [2.24, 2.45) is 0 Å². The molecule has 1 saturated heterocycles. The second kappa shape index (κ2) is 7.81. The second-order valence-corrected chi connectivity index (χ2v) is 7.69. The fraction of sp³-hybridized carbons (Fsp3) is 0.529. The number of piperazine rings is 1. The minimum atomic E-state index is 0.0388. The maximum absolute atomic E-state index is 12.4. The van der Waals surface area contributed by atoms with E-state index in [0.29, 0.717) is 0 Å². The molecule has 1 N–H and O–H groups in total. The fourth-order valence-electron chi connectivity index (χ4n) is 2.91. The molecular weight excluding hydrogens is 324 g/mol. The highest BCUT2D eigenvalue weighted by Crippen LogP contribution is 2.17. The predicted octanol–water partition coefficient (Wildman–Crippen LogP) is 2.50. The molecule has 0 radical (unpaired) electrons. The van der Waals surface area contributed by atoms with Crippen LogP contribution in [0.3, 0.4) is 0 Å². The summed E-state index contributed by atoms with van der Waals surface area (Å²) in [5.74, 6) is 0. The Morgan fingerprint density at radius 3 is 2.75 bits per heavy atom. The van der Waals surface area contributed by atoms with Crippen LogP contribution in [0.2, 0.25) is 0 Å². The van der Waals surface area contributed by atoms with Crippen molar-refractivity contribution in [3.63, 3.8) is 0 Å². The average Bonchev–Trinajstić information content (AvgIpc) is 3.20. The van der Waals surface area contributed by atoms with Gasteiger partial charge < -0.3 is 14.7 Å². The van der Waals surface area contributed by atoms with Crippen LogP contribution < -0.4 is 5.32 Å². The number of nitrogens with one attached hydrogen (secondary N) is 1. The molecule has 1 atom stereocenters. The quantitative estimate of drug-likeness (QED) is 0.902. The average molecular weight is 348 g/mol. The molecule has 0 unspecified atom stereocenters. The van der Waals surface area contributed by atoms with Crippen molar-refractivity contribution >= 4 is 17.4 Å². The number of carbonyl (C=O) groups is 1. The Morgan fingerprint density at radius 2 is 2.12 bits per heavy atom. The van der Waals surface area contributed by atoms with E-state index in [-0.39, 0.29) is 12.1 Å². The molecule has 24 heavy (non-hydrogen) atoms. The minimum Gasteiger partial charge on any atom is -0.364 e. The highest BCUT2D eigenvalue weighted by molar-refractivity contribution is 7.11. The van der Waals surface area contributed by atoms with Crippen molar-refractivity contribution in [1.82, 2.24) is 20.3 Å². The monoisotopic (exact) mass is 348 g/mol. The van der Waals surface area contributed by atoms with E-state index in [1.54, 1.807) is 17.6 Å². The van der Waals surface area contributed by atoms with Crippen molar-refractivity contribution in [3.05, 3.63) is 39.9 Å². The molecule has 0 aliphatic carbocycles. The van der Waals surface area contributed by atoms with Gasteiger partial charge in [-0.15, -0.1) is 11.3 Å². The van der Waals surface area contributed by atoms with Gasteiger partial charge in [0.2, 0.25) is 0 Å². The summed E-state index contributed by atoms with van der Waals surface area (Å²) in [5, 5.41) is 7.05. The lowest BCUT2D eigenvalue weighted by atomic mass is 10.2. The van der Waals surface area contributed by atoms with Gasteiger partial charge in [-0.25, -0.2) is 4.79 Å². The van der Waals surface area contributed by atoms with Gasteiger partial charge in [0, 0.05) is 61.0 Å². The second-order valence-electron chi connectivity index (χ2n) is 6.32. The van der Waals surface area contributed by atoms with Gasteiger partial charge in [0.15, 0.2) is 0 Å². The number of aryl methyl sites for hydroxylation is 1. The van der Waals surface area contributed by atoms with E-state index in [2.05, 4.69) is 41.4 Å². The first-order valence-electron chi connectivity index (χ1n) is 8.32. The van der Waals surface area contributed by atoms with E-state index >= 15 is 0 Å².